The van der Waals surface area contributed by atoms with E-state index in [1.54, 1.807) is 13.8 Å². The first-order chi connectivity index (χ1) is 11.2. The van der Waals surface area contributed by atoms with E-state index < -0.39 is 12.4 Å². The molecule has 0 radical (unpaired) electrons. The number of rotatable bonds is 7. The molecule has 1 rings (SSSR count). The summed E-state index contributed by atoms with van der Waals surface area (Å²) in [6.45, 7) is 4.26. The summed E-state index contributed by atoms with van der Waals surface area (Å²) in [5.41, 5.74) is 0.618. The molecule has 0 aliphatic heterocycles. The van der Waals surface area contributed by atoms with E-state index in [1.165, 1.54) is 24.3 Å². The van der Waals surface area contributed by atoms with Crippen LogP contribution in [-0.4, -0.2) is 31.4 Å². The Morgan fingerprint density at radius 3 is 2.17 bits per heavy atom. The summed E-state index contributed by atoms with van der Waals surface area (Å²) < 4.78 is 39.8. The molecule has 1 aromatic carbocycles. The van der Waals surface area contributed by atoms with E-state index in [0.29, 0.717) is 12.1 Å². The Morgan fingerprint density at radius 1 is 1.04 bits per heavy atom. The Balaban J connectivity index is 2.26. The predicted molar refractivity (Wildman–Crippen MR) is 81.2 cm³/mol. The fourth-order valence-electron chi connectivity index (χ4n) is 1.62. The largest absolute Gasteiger partial charge is 0.573 e. The first-order valence-electron chi connectivity index (χ1n) is 7.31. The number of benzene rings is 1. The number of ether oxygens (including phenoxy) is 1. The maximum atomic E-state index is 12.0. The van der Waals surface area contributed by atoms with Gasteiger partial charge in [0, 0.05) is 25.6 Å². The maximum absolute atomic E-state index is 12.0. The van der Waals surface area contributed by atoms with Crippen molar-refractivity contribution in [1.29, 1.82) is 0 Å². The summed E-state index contributed by atoms with van der Waals surface area (Å²) in [6, 6.07) is 4.74. The number of hydrogen-bond acceptors (Lipinski definition) is 3. The molecular formula is C15H20F3N3O3. The number of halogens is 3. The Hall–Kier alpha value is -2.45. The van der Waals surface area contributed by atoms with Gasteiger partial charge >= 0.3 is 12.4 Å². The quantitative estimate of drug-likeness (QED) is 0.661. The van der Waals surface area contributed by atoms with Crippen molar-refractivity contribution in [3.63, 3.8) is 0 Å². The summed E-state index contributed by atoms with van der Waals surface area (Å²) in [5, 5.41) is 7.75. The van der Waals surface area contributed by atoms with Crippen LogP contribution in [0.5, 0.6) is 5.75 Å². The summed E-state index contributed by atoms with van der Waals surface area (Å²) in [7, 11) is 0. The van der Waals surface area contributed by atoms with Gasteiger partial charge in [0.05, 0.1) is 0 Å². The van der Waals surface area contributed by atoms with Crippen molar-refractivity contribution in [2.45, 2.75) is 26.8 Å². The lowest BCUT2D eigenvalue weighted by molar-refractivity contribution is -0.274. The Kier molecular flexibility index (Phi) is 7.34. The highest BCUT2D eigenvalue weighted by atomic mass is 19.4. The van der Waals surface area contributed by atoms with E-state index in [0.717, 1.165) is 0 Å². The summed E-state index contributed by atoms with van der Waals surface area (Å²) in [6.07, 6.45) is -4.73. The molecule has 0 saturated heterocycles. The van der Waals surface area contributed by atoms with Crippen molar-refractivity contribution in [3.8, 4) is 5.75 Å². The molecule has 6 nitrogen and oxygen atoms in total. The van der Waals surface area contributed by atoms with Crippen LogP contribution in [0.3, 0.4) is 0 Å². The highest BCUT2D eigenvalue weighted by molar-refractivity contribution is 5.78. The molecular weight excluding hydrogens is 327 g/mol. The second kappa shape index (κ2) is 8.99. The fourth-order valence-corrected chi connectivity index (χ4v) is 1.62. The van der Waals surface area contributed by atoms with Gasteiger partial charge in [0.1, 0.15) is 5.75 Å². The minimum Gasteiger partial charge on any atom is -0.406 e. The van der Waals surface area contributed by atoms with Crippen LogP contribution in [0.15, 0.2) is 24.3 Å². The second-order valence-corrected chi connectivity index (χ2v) is 5.25. The van der Waals surface area contributed by atoms with E-state index >= 15 is 0 Å². The molecule has 3 N–H and O–H groups in total. The number of amides is 3. The average molecular weight is 347 g/mol. The molecule has 0 heterocycles. The molecule has 0 saturated carbocycles. The van der Waals surface area contributed by atoms with E-state index in [2.05, 4.69) is 20.7 Å². The van der Waals surface area contributed by atoms with Crippen LogP contribution in [0.2, 0.25) is 0 Å². The fraction of sp³-hybridized carbons (Fsp3) is 0.467. The van der Waals surface area contributed by atoms with Crippen LogP contribution in [0, 0.1) is 5.92 Å². The molecule has 0 unspecified atom stereocenters. The minimum absolute atomic E-state index is 0.0987. The van der Waals surface area contributed by atoms with Crippen molar-refractivity contribution >= 4 is 11.9 Å². The van der Waals surface area contributed by atoms with Gasteiger partial charge in [-0.3, -0.25) is 4.79 Å². The third kappa shape index (κ3) is 8.25. The zero-order valence-electron chi connectivity index (χ0n) is 13.4. The number of hydrogen-bond donors (Lipinski definition) is 3. The van der Waals surface area contributed by atoms with E-state index in [4.69, 9.17) is 0 Å². The van der Waals surface area contributed by atoms with Crippen LogP contribution >= 0.6 is 0 Å². The lowest BCUT2D eigenvalue weighted by Gasteiger charge is -2.11. The molecule has 0 bridgehead atoms. The molecule has 134 valence electrons. The monoisotopic (exact) mass is 347 g/mol. The molecule has 0 aliphatic carbocycles. The summed E-state index contributed by atoms with van der Waals surface area (Å²) in [4.78, 5) is 22.8. The Bertz CT molecular complexity index is 545. The Labute approximate surface area is 137 Å². The standard InChI is InChI=1S/C15H20F3N3O3/c1-10(2)13(22)19-7-8-20-14(23)21-9-11-3-5-12(6-4-11)24-15(16,17)18/h3-6,10H,7-9H2,1-2H3,(H,19,22)(H2,20,21,23). The molecule has 1 aromatic rings. The molecule has 0 aliphatic rings. The number of carbonyl (C=O) groups excluding carboxylic acids is 2. The highest BCUT2D eigenvalue weighted by Gasteiger charge is 2.30. The lowest BCUT2D eigenvalue weighted by Crippen LogP contribution is -2.40. The molecule has 0 fully saturated rings. The first kappa shape index (κ1) is 19.6. The van der Waals surface area contributed by atoms with Gasteiger partial charge in [-0.2, -0.15) is 0 Å². The predicted octanol–water partition coefficient (Wildman–Crippen LogP) is 2.16. The average Bonchev–Trinajstić information content (AvgIpc) is 2.49. The minimum atomic E-state index is -4.73. The SMILES string of the molecule is CC(C)C(=O)NCCNC(=O)NCc1ccc(OC(F)(F)F)cc1. The van der Waals surface area contributed by atoms with Crippen LogP contribution in [0.25, 0.3) is 0 Å². The van der Waals surface area contributed by atoms with Gasteiger partial charge < -0.3 is 20.7 Å². The van der Waals surface area contributed by atoms with Gasteiger partial charge in [-0.25, -0.2) is 4.79 Å². The molecule has 3 amide bonds. The normalized spacial score (nSPS) is 11.1. The van der Waals surface area contributed by atoms with E-state index in [9.17, 15) is 22.8 Å². The zero-order chi connectivity index (χ0) is 18.2. The van der Waals surface area contributed by atoms with Crippen LogP contribution in [0.1, 0.15) is 19.4 Å². The molecule has 24 heavy (non-hydrogen) atoms. The number of nitrogens with one attached hydrogen (secondary N) is 3. The molecule has 0 atom stereocenters. The van der Waals surface area contributed by atoms with E-state index in [1.807, 2.05) is 0 Å². The van der Waals surface area contributed by atoms with Gasteiger partial charge in [-0.1, -0.05) is 26.0 Å². The smallest absolute Gasteiger partial charge is 0.406 e. The molecule has 0 spiro atoms. The Morgan fingerprint density at radius 2 is 1.62 bits per heavy atom. The second-order valence-electron chi connectivity index (χ2n) is 5.25. The number of carbonyl (C=O) groups is 2. The van der Waals surface area contributed by atoms with Crippen molar-refractivity contribution in [1.82, 2.24) is 16.0 Å². The zero-order valence-corrected chi connectivity index (χ0v) is 13.4. The molecule has 9 heteroatoms. The van der Waals surface area contributed by atoms with E-state index in [-0.39, 0.29) is 30.7 Å². The topological polar surface area (TPSA) is 79.5 Å². The van der Waals surface area contributed by atoms with Crippen molar-refractivity contribution in [2.75, 3.05) is 13.1 Å². The summed E-state index contributed by atoms with van der Waals surface area (Å²) in [5.74, 6) is -0.543. The number of alkyl halides is 3. The summed E-state index contributed by atoms with van der Waals surface area (Å²) >= 11 is 0. The van der Waals surface area contributed by atoms with Gasteiger partial charge in [-0.05, 0) is 17.7 Å². The first-order valence-corrected chi connectivity index (χ1v) is 7.31. The van der Waals surface area contributed by atoms with Crippen LogP contribution in [0.4, 0.5) is 18.0 Å². The van der Waals surface area contributed by atoms with Gasteiger partial charge in [0.15, 0.2) is 0 Å². The number of urea groups is 1. The lowest BCUT2D eigenvalue weighted by atomic mass is 10.2. The van der Waals surface area contributed by atoms with Crippen molar-refractivity contribution in [2.24, 2.45) is 5.92 Å². The van der Waals surface area contributed by atoms with Gasteiger partial charge in [0.25, 0.3) is 0 Å². The van der Waals surface area contributed by atoms with Crippen LogP contribution < -0.4 is 20.7 Å². The molecule has 0 aromatic heterocycles. The van der Waals surface area contributed by atoms with Crippen LogP contribution in [-0.2, 0) is 11.3 Å². The van der Waals surface area contributed by atoms with Crippen molar-refractivity contribution in [3.05, 3.63) is 29.8 Å². The third-order valence-corrected chi connectivity index (χ3v) is 2.84. The van der Waals surface area contributed by atoms with Gasteiger partial charge in [-0.15, -0.1) is 13.2 Å². The maximum Gasteiger partial charge on any atom is 0.573 e. The van der Waals surface area contributed by atoms with Crippen molar-refractivity contribution < 1.29 is 27.5 Å². The third-order valence-electron chi connectivity index (χ3n) is 2.84. The highest BCUT2D eigenvalue weighted by Crippen LogP contribution is 2.22. The van der Waals surface area contributed by atoms with Gasteiger partial charge in [0.2, 0.25) is 5.91 Å².